The van der Waals surface area contributed by atoms with Crippen molar-refractivity contribution in [1.82, 2.24) is 9.73 Å². The number of nitrogens with zero attached hydrogens (tertiary/aromatic N) is 2. The topological polar surface area (TPSA) is 78.8 Å². The smallest absolute Gasteiger partial charge is 0.255 e. The number of rotatable bonds is 8. The Morgan fingerprint density at radius 1 is 1.06 bits per heavy atom. The molecule has 0 aromatic heterocycles. The maximum Gasteiger partial charge on any atom is 0.255 e. The van der Waals surface area contributed by atoms with Gasteiger partial charge in [0.2, 0.25) is 10.0 Å². The van der Waals surface area contributed by atoms with Gasteiger partial charge in [-0.1, -0.05) is 64.6 Å². The summed E-state index contributed by atoms with van der Waals surface area (Å²) in [5.74, 6) is -1.36. The normalized spacial score (nSPS) is 11.8. The molecule has 11 heteroatoms. The Balaban J connectivity index is 1.85. The van der Waals surface area contributed by atoms with E-state index in [1.807, 2.05) is 6.92 Å². The highest BCUT2D eigenvalue weighted by Gasteiger charge is 2.27. The summed E-state index contributed by atoms with van der Waals surface area (Å²) >= 11 is 18.1. The third kappa shape index (κ3) is 6.55. The van der Waals surface area contributed by atoms with Crippen molar-refractivity contribution in [3.05, 3.63) is 98.2 Å². The van der Waals surface area contributed by atoms with E-state index in [2.05, 4.69) is 10.5 Å². The minimum atomic E-state index is -4.08. The summed E-state index contributed by atoms with van der Waals surface area (Å²) < 4.78 is 41.5. The summed E-state index contributed by atoms with van der Waals surface area (Å²) in [5.41, 5.74) is 3.53. The second-order valence-electron chi connectivity index (χ2n) is 7.25. The van der Waals surface area contributed by atoms with E-state index in [4.69, 9.17) is 34.8 Å². The summed E-state index contributed by atoms with van der Waals surface area (Å²) in [4.78, 5) is 12.6. The van der Waals surface area contributed by atoms with Crippen LogP contribution in [0.4, 0.5) is 4.39 Å². The molecule has 0 spiro atoms. The first kappa shape index (κ1) is 26.1. The number of benzene rings is 3. The van der Waals surface area contributed by atoms with Crippen molar-refractivity contribution >= 4 is 56.9 Å². The number of nitrogens with one attached hydrogen (secondary N) is 1. The molecule has 3 aromatic carbocycles. The highest BCUT2D eigenvalue weighted by atomic mass is 35.5. The van der Waals surface area contributed by atoms with Gasteiger partial charge in [0.1, 0.15) is 5.82 Å². The van der Waals surface area contributed by atoms with Crippen LogP contribution in [0.25, 0.3) is 0 Å². The lowest BCUT2D eigenvalue weighted by molar-refractivity contribution is -0.121. The van der Waals surface area contributed by atoms with E-state index in [0.717, 1.165) is 16.1 Å². The van der Waals surface area contributed by atoms with Crippen LogP contribution in [0.3, 0.4) is 0 Å². The van der Waals surface area contributed by atoms with Gasteiger partial charge < -0.3 is 0 Å². The average Bonchev–Trinajstić information content (AvgIpc) is 2.77. The molecule has 0 fully saturated rings. The second kappa shape index (κ2) is 11.3. The molecule has 0 saturated carbocycles. The van der Waals surface area contributed by atoms with Gasteiger partial charge in [-0.05, 0) is 48.9 Å². The Hall–Kier alpha value is -2.49. The van der Waals surface area contributed by atoms with E-state index in [-0.39, 0.29) is 27.0 Å². The Bertz CT molecular complexity index is 1310. The molecular weight excluding hydrogens is 524 g/mol. The van der Waals surface area contributed by atoms with Crippen LogP contribution in [-0.4, -0.2) is 31.4 Å². The predicted octanol–water partition coefficient (Wildman–Crippen LogP) is 5.44. The maximum atomic E-state index is 13.9. The fraction of sp³-hybridized carbons (Fsp3) is 0.130. The fourth-order valence-electron chi connectivity index (χ4n) is 2.92. The summed E-state index contributed by atoms with van der Waals surface area (Å²) in [6, 6.07) is 15.0. The Kier molecular flexibility index (Phi) is 8.67. The summed E-state index contributed by atoms with van der Waals surface area (Å²) in [5, 5.41) is 4.46. The molecule has 0 radical (unpaired) electrons. The Morgan fingerprint density at radius 2 is 1.76 bits per heavy atom. The van der Waals surface area contributed by atoms with Gasteiger partial charge in [-0.15, -0.1) is 0 Å². The summed E-state index contributed by atoms with van der Waals surface area (Å²) in [6.45, 7) is 1.06. The van der Waals surface area contributed by atoms with Gasteiger partial charge in [0.25, 0.3) is 5.91 Å². The van der Waals surface area contributed by atoms with Crippen LogP contribution < -0.4 is 5.43 Å². The Morgan fingerprint density at radius 3 is 2.41 bits per heavy atom. The molecule has 0 aliphatic rings. The number of hydrogen-bond donors (Lipinski definition) is 1. The maximum absolute atomic E-state index is 13.9. The first-order chi connectivity index (χ1) is 16.1. The molecule has 0 heterocycles. The largest absolute Gasteiger partial charge is 0.272 e. The van der Waals surface area contributed by atoms with E-state index >= 15 is 0 Å². The monoisotopic (exact) mass is 541 g/mol. The van der Waals surface area contributed by atoms with E-state index in [1.165, 1.54) is 36.4 Å². The molecular formula is C23H19Cl3FN3O3S. The highest BCUT2D eigenvalue weighted by molar-refractivity contribution is 7.89. The number of carbonyl (C=O) groups is 1. The molecule has 0 bridgehead atoms. The number of sulfonamides is 1. The molecule has 0 aliphatic carbocycles. The average molecular weight is 543 g/mol. The van der Waals surface area contributed by atoms with Crippen LogP contribution in [0.15, 0.2) is 70.7 Å². The van der Waals surface area contributed by atoms with Crippen LogP contribution in [-0.2, 0) is 21.4 Å². The van der Waals surface area contributed by atoms with Crippen molar-refractivity contribution in [1.29, 1.82) is 0 Å². The minimum absolute atomic E-state index is 0.0117. The molecule has 1 amide bonds. The molecule has 34 heavy (non-hydrogen) atoms. The van der Waals surface area contributed by atoms with Gasteiger partial charge in [0.05, 0.1) is 22.7 Å². The lowest BCUT2D eigenvalue weighted by Gasteiger charge is -2.22. The zero-order valence-corrected chi connectivity index (χ0v) is 20.9. The van der Waals surface area contributed by atoms with E-state index in [9.17, 15) is 17.6 Å². The van der Waals surface area contributed by atoms with Crippen molar-refractivity contribution in [3.63, 3.8) is 0 Å². The van der Waals surface area contributed by atoms with Crippen LogP contribution in [0, 0.1) is 12.7 Å². The van der Waals surface area contributed by atoms with Crippen molar-refractivity contribution in [2.45, 2.75) is 18.4 Å². The molecule has 1 N–H and O–H groups in total. The molecule has 178 valence electrons. The summed E-state index contributed by atoms with van der Waals surface area (Å²) in [7, 11) is -4.08. The van der Waals surface area contributed by atoms with Gasteiger partial charge in [0, 0.05) is 22.2 Å². The van der Waals surface area contributed by atoms with E-state index in [0.29, 0.717) is 10.6 Å². The van der Waals surface area contributed by atoms with Crippen LogP contribution >= 0.6 is 34.8 Å². The first-order valence-electron chi connectivity index (χ1n) is 9.84. The number of carbonyl (C=O) groups excluding carboxylic acids is 1. The minimum Gasteiger partial charge on any atom is -0.272 e. The number of aryl methyl sites for hydroxylation is 1. The van der Waals surface area contributed by atoms with E-state index in [1.54, 1.807) is 24.3 Å². The Labute approximate surface area is 212 Å². The van der Waals surface area contributed by atoms with E-state index < -0.39 is 28.3 Å². The molecule has 3 aromatic rings. The third-order valence-corrected chi connectivity index (χ3v) is 7.45. The zero-order valence-electron chi connectivity index (χ0n) is 17.8. The second-order valence-corrected chi connectivity index (χ2v) is 10.4. The van der Waals surface area contributed by atoms with Crippen molar-refractivity contribution in [3.8, 4) is 0 Å². The van der Waals surface area contributed by atoms with Gasteiger partial charge in [-0.3, -0.25) is 4.79 Å². The molecule has 6 nitrogen and oxygen atoms in total. The fourth-order valence-corrected chi connectivity index (χ4v) is 4.98. The lowest BCUT2D eigenvalue weighted by atomic mass is 10.2. The van der Waals surface area contributed by atoms with Crippen LogP contribution in [0.5, 0.6) is 0 Å². The number of amides is 1. The number of hydrazone groups is 1. The lowest BCUT2D eigenvalue weighted by Crippen LogP contribution is -2.39. The van der Waals surface area contributed by atoms with Gasteiger partial charge in [-0.25, -0.2) is 18.2 Å². The van der Waals surface area contributed by atoms with Crippen molar-refractivity contribution in [2.24, 2.45) is 5.10 Å². The molecule has 0 unspecified atom stereocenters. The van der Waals surface area contributed by atoms with Gasteiger partial charge in [-0.2, -0.15) is 9.41 Å². The van der Waals surface area contributed by atoms with Crippen LogP contribution in [0.1, 0.15) is 16.7 Å². The highest BCUT2D eigenvalue weighted by Crippen LogP contribution is 2.25. The van der Waals surface area contributed by atoms with Crippen molar-refractivity contribution < 1.29 is 17.6 Å². The first-order valence-corrected chi connectivity index (χ1v) is 12.4. The predicted molar refractivity (Wildman–Crippen MR) is 132 cm³/mol. The quantitative estimate of drug-likeness (QED) is 0.304. The number of hydrogen-bond acceptors (Lipinski definition) is 4. The standard InChI is InChI=1S/C23H19Cl3FN3O3S/c1-15-5-9-18(10-6-15)34(32,33)30(13-16-7-8-17(24)11-21(16)26)14-23(31)29-28-12-19-20(25)3-2-4-22(19)27/h2-12H,13-14H2,1H3,(H,29,31)/b28-12-. The zero-order chi connectivity index (χ0) is 24.9. The number of halogens is 4. The SMILES string of the molecule is Cc1ccc(S(=O)(=O)N(CC(=O)N/N=C\c2c(F)cccc2Cl)Cc2ccc(Cl)cc2Cl)cc1. The van der Waals surface area contributed by atoms with Crippen LogP contribution in [0.2, 0.25) is 15.1 Å². The molecule has 3 rings (SSSR count). The molecule has 0 atom stereocenters. The third-order valence-electron chi connectivity index (χ3n) is 4.72. The van der Waals surface area contributed by atoms with Gasteiger partial charge in [0.15, 0.2) is 0 Å². The van der Waals surface area contributed by atoms with Crippen molar-refractivity contribution in [2.75, 3.05) is 6.54 Å². The van der Waals surface area contributed by atoms with Gasteiger partial charge >= 0.3 is 0 Å². The molecule has 0 saturated heterocycles. The summed E-state index contributed by atoms with van der Waals surface area (Å²) in [6.07, 6.45) is 1.05. The molecule has 0 aliphatic heterocycles.